The number of thioether (sulfide) groups is 2. The van der Waals surface area contributed by atoms with Gasteiger partial charge in [0.25, 0.3) is 11.8 Å². The Hall–Kier alpha value is -1.48. The van der Waals surface area contributed by atoms with E-state index in [1.807, 2.05) is 12.1 Å². The van der Waals surface area contributed by atoms with Gasteiger partial charge in [-0.05, 0) is 49.9 Å². The van der Waals surface area contributed by atoms with Gasteiger partial charge in [0, 0.05) is 9.75 Å². The minimum atomic E-state index is -0.326. The predicted octanol–water partition coefficient (Wildman–Crippen LogP) is 8.01. The lowest BCUT2D eigenvalue weighted by Gasteiger charge is -1.99. The lowest BCUT2D eigenvalue weighted by molar-refractivity contribution is -0.115. The summed E-state index contributed by atoms with van der Waals surface area (Å²) in [5.74, 6) is -0.652. The van der Waals surface area contributed by atoms with Crippen molar-refractivity contribution in [2.75, 3.05) is 0 Å². The van der Waals surface area contributed by atoms with E-state index < -0.39 is 0 Å². The maximum Gasteiger partial charge on any atom is 0.286 e. The van der Waals surface area contributed by atoms with Crippen LogP contribution in [0.5, 0.6) is 0 Å². The van der Waals surface area contributed by atoms with Gasteiger partial charge in [-0.3, -0.25) is 9.59 Å². The van der Waals surface area contributed by atoms with Crippen LogP contribution in [0.15, 0.2) is 44.1 Å². The summed E-state index contributed by atoms with van der Waals surface area (Å²) >= 11 is 6.03. The fraction of sp³-hybridized carbons (Fsp3) is 0.462. The predicted molar refractivity (Wildman–Crippen MR) is 150 cm³/mol. The molecule has 180 valence electrons. The molecule has 0 radical (unpaired) electrons. The van der Waals surface area contributed by atoms with E-state index in [9.17, 15) is 9.59 Å². The molecule has 0 saturated carbocycles. The molecule has 0 fully saturated rings. The van der Waals surface area contributed by atoms with Crippen LogP contribution in [-0.4, -0.2) is 21.9 Å². The molecule has 4 rings (SSSR count). The zero-order chi connectivity index (χ0) is 23.9. The third kappa shape index (κ3) is 6.39. The summed E-state index contributed by atoms with van der Waals surface area (Å²) in [6.07, 6.45) is 12.0. The van der Waals surface area contributed by atoms with Gasteiger partial charge in [-0.15, -0.1) is 22.7 Å². The van der Waals surface area contributed by atoms with E-state index in [1.54, 1.807) is 22.7 Å². The van der Waals surface area contributed by atoms with Crippen LogP contribution >= 0.6 is 46.2 Å². The Labute approximate surface area is 218 Å². The van der Waals surface area contributed by atoms with Crippen molar-refractivity contribution in [2.24, 2.45) is 9.98 Å². The summed E-state index contributed by atoms with van der Waals surface area (Å²) in [6.45, 7) is 4.44. The normalized spacial score (nSPS) is 18.2. The fourth-order valence-electron chi connectivity index (χ4n) is 3.82. The highest BCUT2D eigenvalue weighted by Gasteiger charge is 2.34. The van der Waals surface area contributed by atoms with Gasteiger partial charge >= 0.3 is 0 Å². The highest BCUT2D eigenvalue weighted by Crippen LogP contribution is 2.42. The summed E-state index contributed by atoms with van der Waals surface area (Å²) in [5, 5.41) is 1.40. The van der Waals surface area contributed by atoms with Crippen molar-refractivity contribution < 1.29 is 9.59 Å². The third-order valence-electron chi connectivity index (χ3n) is 5.70. The summed E-state index contributed by atoms with van der Waals surface area (Å²) in [5.41, 5.74) is 0. The van der Waals surface area contributed by atoms with Gasteiger partial charge in [-0.1, -0.05) is 75.9 Å². The van der Waals surface area contributed by atoms with E-state index >= 15 is 0 Å². The van der Waals surface area contributed by atoms with Gasteiger partial charge < -0.3 is 0 Å². The van der Waals surface area contributed by atoms with Crippen LogP contribution < -0.4 is 0 Å². The number of aliphatic imine (C=N–C) groups is 2. The Morgan fingerprint density at radius 3 is 1.47 bits per heavy atom. The standard InChI is InChI=1S/C26H30N2O2S4/c1-3-5-7-9-11-17-13-15-19(31-17)25-27-23(29)21(33-25)22-24(30)28-26(34-22)20-16-14-18(32-20)12-10-8-6-4-2/h13-16H,3-12H2,1-2H3/b22-21+. The number of amides is 2. The second-order valence-corrected chi connectivity index (χ2v) is 12.8. The van der Waals surface area contributed by atoms with Crippen LogP contribution in [0.2, 0.25) is 0 Å². The third-order valence-corrected chi connectivity index (χ3v) is 10.6. The molecule has 4 heterocycles. The number of aryl methyl sites for hydroxylation is 2. The number of carbonyl (C=O) groups is 2. The molecule has 0 saturated heterocycles. The molecule has 34 heavy (non-hydrogen) atoms. The zero-order valence-electron chi connectivity index (χ0n) is 19.7. The van der Waals surface area contributed by atoms with Crippen molar-refractivity contribution in [3.05, 3.63) is 53.6 Å². The van der Waals surface area contributed by atoms with E-state index in [2.05, 4.69) is 36.0 Å². The molecule has 4 nitrogen and oxygen atoms in total. The molecule has 2 aromatic rings. The molecule has 0 atom stereocenters. The molecule has 0 aromatic carbocycles. The molecule has 0 bridgehead atoms. The fourth-order valence-corrected chi connectivity index (χ4v) is 8.04. The van der Waals surface area contributed by atoms with Crippen LogP contribution in [0.25, 0.3) is 0 Å². The molecular weight excluding hydrogens is 501 g/mol. The van der Waals surface area contributed by atoms with Crippen molar-refractivity contribution >= 4 is 68.1 Å². The average Bonchev–Trinajstić information content (AvgIpc) is 3.61. The van der Waals surface area contributed by atoms with Crippen LogP contribution in [0.3, 0.4) is 0 Å². The first-order chi connectivity index (χ1) is 16.6. The molecular formula is C26H30N2O2S4. The first kappa shape index (κ1) is 25.6. The zero-order valence-corrected chi connectivity index (χ0v) is 23.0. The van der Waals surface area contributed by atoms with Gasteiger partial charge in [0.05, 0.1) is 9.75 Å². The van der Waals surface area contributed by atoms with Crippen LogP contribution in [0.4, 0.5) is 0 Å². The molecule has 0 unspecified atom stereocenters. The maximum absolute atomic E-state index is 12.7. The second-order valence-electron chi connectivity index (χ2n) is 8.46. The monoisotopic (exact) mass is 530 g/mol. The van der Waals surface area contributed by atoms with E-state index in [4.69, 9.17) is 0 Å². The second kappa shape index (κ2) is 12.5. The molecule has 0 spiro atoms. The number of rotatable bonds is 12. The maximum atomic E-state index is 12.7. The Kier molecular flexibility index (Phi) is 9.39. The first-order valence-corrected chi connectivity index (χ1v) is 15.4. The summed E-state index contributed by atoms with van der Waals surface area (Å²) in [4.78, 5) is 39.4. The first-order valence-electron chi connectivity index (χ1n) is 12.1. The average molecular weight is 531 g/mol. The molecule has 2 amide bonds. The van der Waals surface area contributed by atoms with Gasteiger partial charge in [0.1, 0.15) is 19.9 Å². The Balaban J connectivity index is 1.38. The number of nitrogens with zero attached hydrogens (tertiary/aromatic N) is 2. The van der Waals surface area contributed by atoms with E-state index in [-0.39, 0.29) is 11.8 Å². The summed E-state index contributed by atoms with van der Waals surface area (Å²) < 4.78 is 0. The van der Waals surface area contributed by atoms with Gasteiger partial charge in [0.2, 0.25) is 0 Å². The SMILES string of the molecule is CCCCCCc1ccc(C2=NC(=O)/C(=C3\SC(c4ccc(CCCCCC)s4)=NC3=O)S2)s1. The highest BCUT2D eigenvalue weighted by molar-refractivity contribution is 8.22. The van der Waals surface area contributed by atoms with E-state index in [1.165, 1.54) is 84.6 Å². The Morgan fingerprint density at radius 1 is 0.618 bits per heavy atom. The lowest BCUT2D eigenvalue weighted by Crippen LogP contribution is -1.98. The minimum absolute atomic E-state index is 0.326. The van der Waals surface area contributed by atoms with Crippen molar-refractivity contribution in [1.29, 1.82) is 0 Å². The van der Waals surface area contributed by atoms with Crippen LogP contribution in [0, 0.1) is 0 Å². The molecule has 2 aromatic heterocycles. The number of carbonyl (C=O) groups excluding carboxylic acids is 2. The van der Waals surface area contributed by atoms with Crippen molar-refractivity contribution in [3.8, 4) is 0 Å². The molecule has 0 N–H and O–H groups in total. The number of unbranched alkanes of at least 4 members (excludes halogenated alkanes) is 6. The molecule has 2 aliphatic heterocycles. The smallest absolute Gasteiger partial charge is 0.266 e. The number of hydrogen-bond acceptors (Lipinski definition) is 6. The largest absolute Gasteiger partial charge is 0.286 e. The van der Waals surface area contributed by atoms with Crippen LogP contribution in [-0.2, 0) is 22.4 Å². The summed E-state index contributed by atoms with van der Waals surface area (Å²) in [7, 11) is 0. The molecule has 0 aliphatic carbocycles. The summed E-state index contributed by atoms with van der Waals surface area (Å²) in [6, 6.07) is 8.37. The van der Waals surface area contributed by atoms with Gasteiger partial charge in [0.15, 0.2) is 0 Å². The lowest BCUT2D eigenvalue weighted by atomic mass is 10.1. The van der Waals surface area contributed by atoms with Crippen molar-refractivity contribution in [3.63, 3.8) is 0 Å². The van der Waals surface area contributed by atoms with Gasteiger partial charge in [-0.2, -0.15) is 0 Å². The Morgan fingerprint density at radius 2 is 1.06 bits per heavy atom. The number of thiophene rings is 2. The van der Waals surface area contributed by atoms with E-state index in [0.717, 1.165) is 22.6 Å². The quantitative estimate of drug-likeness (QED) is 0.206. The number of hydrogen-bond donors (Lipinski definition) is 0. The minimum Gasteiger partial charge on any atom is -0.266 e. The Bertz CT molecular complexity index is 1050. The van der Waals surface area contributed by atoms with Crippen molar-refractivity contribution in [2.45, 2.75) is 78.1 Å². The van der Waals surface area contributed by atoms with Crippen LogP contribution in [0.1, 0.15) is 84.7 Å². The molecule has 8 heteroatoms. The van der Waals surface area contributed by atoms with Gasteiger partial charge in [-0.25, -0.2) is 9.98 Å². The highest BCUT2D eigenvalue weighted by atomic mass is 32.2. The molecule has 2 aliphatic rings. The topological polar surface area (TPSA) is 58.9 Å². The van der Waals surface area contributed by atoms with E-state index in [0.29, 0.717) is 19.9 Å². The van der Waals surface area contributed by atoms with Crippen molar-refractivity contribution in [1.82, 2.24) is 0 Å².